The summed E-state index contributed by atoms with van der Waals surface area (Å²) in [7, 11) is 0. The van der Waals surface area contributed by atoms with E-state index in [9.17, 15) is 27.6 Å². The smallest absolute Gasteiger partial charge is 0.321 e. The minimum atomic E-state index is -4.51. The Morgan fingerprint density at radius 3 is 2.17 bits per heavy atom. The van der Waals surface area contributed by atoms with Gasteiger partial charge < -0.3 is 5.32 Å². The summed E-state index contributed by atoms with van der Waals surface area (Å²) in [5, 5.41) is 3.13. The van der Waals surface area contributed by atoms with E-state index in [0.717, 1.165) is 24.3 Å². The van der Waals surface area contributed by atoms with Crippen molar-refractivity contribution < 1.29 is 27.6 Å². The molecule has 2 N–H and O–H groups in total. The van der Waals surface area contributed by atoms with Crippen molar-refractivity contribution in [3.8, 4) is 0 Å². The maximum atomic E-state index is 12.5. The van der Waals surface area contributed by atoms with E-state index in [-0.39, 0.29) is 5.56 Å². The molecule has 0 radical (unpaired) electrons. The number of hydrazine groups is 1. The van der Waals surface area contributed by atoms with Crippen LogP contribution in [0.15, 0.2) is 24.3 Å². The van der Waals surface area contributed by atoms with E-state index in [1.165, 1.54) is 0 Å². The summed E-state index contributed by atoms with van der Waals surface area (Å²) >= 11 is 0. The fourth-order valence-corrected chi connectivity index (χ4v) is 2.85. The van der Waals surface area contributed by atoms with Crippen molar-refractivity contribution in [2.75, 3.05) is 0 Å². The number of alkyl halides is 3. The topological polar surface area (TPSA) is 78.5 Å². The molecule has 3 rings (SSSR count). The van der Waals surface area contributed by atoms with E-state index < -0.39 is 40.5 Å². The fourth-order valence-electron chi connectivity index (χ4n) is 2.85. The van der Waals surface area contributed by atoms with Crippen molar-refractivity contribution in [1.82, 2.24) is 15.8 Å². The van der Waals surface area contributed by atoms with Crippen LogP contribution >= 0.6 is 0 Å². The number of amides is 4. The molecule has 2 fully saturated rings. The van der Waals surface area contributed by atoms with Crippen LogP contribution in [0.5, 0.6) is 0 Å². The molecule has 6 nitrogen and oxygen atoms in total. The zero-order chi connectivity index (χ0) is 17.9. The molecule has 4 amide bonds. The quantitative estimate of drug-likeness (QED) is 0.809. The zero-order valence-corrected chi connectivity index (χ0v) is 12.8. The van der Waals surface area contributed by atoms with Crippen LogP contribution in [0.3, 0.4) is 0 Å². The van der Waals surface area contributed by atoms with Gasteiger partial charge in [-0.25, -0.2) is 4.79 Å². The number of carbonyl (C=O) groups is 3. The highest BCUT2D eigenvalue weighted by Crippen LogP contribution is 2.58. The number of benzene rings is 1. The number of nitrogens with one attached hydrogen (secondary N) is 2. The summed E-state index contributed by atoms with van der Waals surface area (Å²) in [6, 6.07) is 2.71. The van der Waals surface area contributed by atoms with Gasteiger partial charge in [-0.3, -0.25) is 15.0 Å². The Balaban J connectivity index is 1.74. The Morgan fingerprint density at radius 2 is 1.75 bits per heavy atom. The third-order valence-corrected chi connectivity index (χ3v) is 4.52. The lowest BCUT2D eigenvalue weighted by Gasteiger charge is -2.15. The summed E-state index contributed by atoms with van der Waals surface area (Å²) in [6.07, 6.45) is -4.05. The molecule has 24 heavy (non-hydrogen) atoms. The van der Waals surface area contributed by atoms with E-state index in [1.807, 2.05) is 13.8 Å². The van der Waals surface area contributed by atoms with Crippen LogP contribution in [-0.2, 0) is 11.0 Å². The Kier molecular flexibility index (Phi) is 3.20. The minimum Gasteiger partial charge on any atom is -0.321 e. The van der Waals surface area contributed by atoms with Crippen molar-refractivity contribution in [2.45, 2.75) is 32.0 Å². The molecule has 1 heterocycles. The van der Waals surface area contributed by atoms with Crippen LogP contribution in [-0.4, -0.2) is 28.4 Å². The van der Waals surface area contributed by atoms with Gasteiger partial charge in [0, 0.05) is 5.56 Å². The second-order valence-electron chi connectivity index (χ2n) is 6.55. The molecule has 0 bridgehead atoms. The summed E-state index contributed by atoms with van der Waals surface area (Å²) in [5.41, 5.74) is -0.281. The van der Waals surface area contributed by atoms with Gasteiger partial charge in [0.15, 0.2) is 0 Å². The second kappa shape index (κ2) is 4.71. The first-order valence-corrected chi connectivity index (χ1v) is 7.13. The fraction of sp³-hybridized carbons (Fsp3) is 0.400. The number of halogens is 3. The molecular weight excluding hydrogens is 327 g/mol. The first-order chi connectivity index (χ1) is 11.0. The highest BCUT2D eigenvalue weighted by Gasteiger charge is 2.72. The molecular formula is C15H14F3N3O3. The molecule has 1 saturated carbocycles. The van der Waals surface area contributed by atoms with Gasteiger partial charge in [-0.2, -0.15) is 18.2 Å². The molecule has 2 aliphatic rings. The van der Waals surface area contributed by atoms with E-state index in [2.05, 4.69) is 10.7 Å². The largest absolute Gasteiger partial charge is 0.416 e. The second-order valence-corrected chi connectivity index (χ2v) is 6.55. The number of urea groups is 1. The SMILES string of the molecule is CC1(C)CC12NC(=O)N(NC(=O)c1ccc(C(F)(F)F)cc1)C2=O. The maximum Gasteiger partial charge on any atom is 0.416 e. The van der Waals surface area contributed by atoms with Gasteiger partial charge in [-0.05, 0) is 36.1 Å². The lowest BCUT2D eigenvalue weighted by atomic mass is 10.1. The van der Waals surface area contributed by atoms with Crippen molar-refractivity contribution in [2.24, 2.45) is 5.41 Å². The lowest BCUT2D eigenvalue weighted by molar-refractivity contribution is -0.137. The molecule has 1 saturated heterocycles. The van der Waals surface area contributed by atoms with Gasteiger partial charge in [0.05, 0.1) is 5.56 Å². The van der Waals surface area contributed by atoms with Crippen molar-refractivity contribution in [1.29, 1.82) is 0 Å². The standard InChI is InChI=1S/C15H14F3N3O3/c1-13(2)7-14(13)11(23)21(12(24)19-14)20-10(22)8-3-5-9(6-4-8)15(16,17)18/h3-6H,7H2,1-2H3,(H,19,24)(H,20,22). The van der Waals surface area contributed by atoms with Crippen LogP contribution in [0.25, 0.3) is 0 Å². The molecule has 128 valence electrons. The number of nitrogens with zero attached hydrogens (tertiary/aromatic N) is 1. The van der Waals surface area contributed by atoms with Gasteiger partial charge in [-0.15, -0.1) is 0 Å². The molecule has 9 heteroatoms. The molecule has 1 atom stereocenters. The lowest BCUT2D eigenvalue weighted by Crippen LogP contribution is -2.47. The third kappa shape index (κ3) is 2.31. The van der Waals surface area contributed by atoms with Crippen LogP contribution in [0.2, 0.25) is 0 Å². The highest BCUT2D eigenvalue weighted by atomic mass is 19.4. The Hall–Kier alpha value is -2.58. The van der Waals surface area contributed by atoms with Crippen molar-refractivity contribution in [3.63, 3.8) is 0 Å². The molecule has 1 aliphatic carbocycles. The Labute approximate surface area is 135 Å². The highest BCUT2D eigenvalue weighted by molar-refractivity contribution is 6.11. The molecule has 1 unspecified atom stereocenters. The number of carbonyl (C=O) groups excluding carboxylic acids is 3. The van der Waals surface area contributed by atoms with Crippen molar-refractivity contribution in [3.05, 3.63) is 35.4 Å². The summed E-state index contributed by atoms with van der Waals surface area (Å²) in [6.45, 7) is 3.62. The zero-order valence-electron chi connectivity index (χ0n) is 12.8. The van der Waals surface area contributed by atoms with Crippen LogP contribution in [0.4, 0.5) is 18.0 Å². The average Bonchev–Trinajstić information content (AvgIpc) is 2.96. The van der Waals surface area contributed by atoms with Crippen LogP contribution in [0.1, 0.15) is 36.2 Å². The predicted molar refractivity (Wildman–Crippen MR) is 75.4 cm³/mol. The van der Waals surface area contributed by atoms with Crippen LogP contribution in [0, 0.1) is 5.41 Å². The van der Waals surface area contributed by atoms with Gasteiger partial charge in [0.25, 0.3) is 11.8 Å². The van der Waals surface area contributed by atoms with Crippen molar-refractivity contribution >= 4 is 17.8 Å². The first-order valence-electron chi connectivity index (χ1n) is 7.13. The average molecular weight is 341 g/mol. The Morgan fingerprint density at radius 1 is 1.21 bits per heavy atom. The van der Waals surface area contributed by atoms with Gasteiger partial charge >= 0.3 is 12.2 Å². The number of hydrogen-bond acceptors (Lipinski definition) is 3. The van der Waals surface area contributed by atoms with E-state index in [4.69, 9.17) is 0 Å². The minimum absolute atomic E-state index is 0.0976. The number of imide groups is 1. The molecule has 0 aromatic heterocycles. The van der Waals surface area contributed by atoms with E-state index >= 15 is 0 Å². The first kappa shape index (κ1) is 16.3. The number of hydrogen-bond donors (Lipinski definition) is 2. The van der Waals surface area contributed by atoms with Crippen LogP contribution < -0.4 is 10.7 Å². The molecule has 1 aromatic rings. The predicted octanol–water partition coefficient (Wildman–Crippen LogP) is 2.07. The summed E-state index contributed by atoms with van der Waals surface area (Å²) < 4.78 is 37.5. The monoisotopic (exact) mass is 341 g/mol. The normalized spacial score (nSPS) is 25.0. The Bertz CT molecular complexity index is 743. The molecule has 1 aromatic carbocycles. The van der Waals surface area contributed by atoms with E-state index in [1.54, 1.807) is 0 Å². The molecule has 1 aliphatic heterocycles. The van der Waals surface area contributed by atoms with Gasteiger partial charge in [0.2, 0.25) is 0 Å². The molecule has 1 spiro atoms. The van der Waals surface area contributed by atoms with Gasteiger partial charge in [0.1, 0.15) is 5.54 Å². The number of rotatable bonds is 2. The summed E-state index contributed by atoms with van der Waals surface area (Å²) in [4.78, 5) is 36.3. The van der Waals surface area contributed by atoms with E-state index in [0.29, 0.717) is 11.4 Å². The maximum absolute atomic E-state index is 12.5. The summed E-state index contributed by atoms with van der Waals surface area (Å²) in [5.74, 6) is -1.42. The van der Waals surface area contributed by atoms with Gasteiger partial charge in [-0.1, -0.05) is 13.8 Å². The third-order valence-electron chi connectivity index (χ3n) is 4.52.